The van der Waals surface area contributed by atoms with E-state index in [2.05, 4.69) is 36.4 Å². The first-order valence-electron chi connectivity index (χ1n) is 8.00. The average molecular weight is 396 g/mol. The Morgan fingerprint density at radius 2 is 1.45 bits per heavy atom. The van der Waals surface area contributed by atoms with Crippen molar-refractivity contribution in [3.05, 3.63) is 0 Å². The summed E-state index contributed by atoms with van der Waals surface area (Å²) in [7, 11) is 0. The van der Waals surface area contributed by atoms with Crippen LogP contribution in [-0.2, 0) is 14.3 Å². The van der Waals surface area contributed by atoms with E-state index in [0.29, 0.717) is 6.42 Å². The van der Waals surface area contributed by atoms with Crippen molar-refractivity contribution in [1.29, 1.82) is 0 Å². The topological polar surface area (TPSA) is 43.4 Å². The molecule has 1 atom stereocenters. The van der Waals surface area contributed by atoms with Gasteiger partial charge < -0.3 is 4.74 Å². The van der Waals surface area contributed by atoms with Crippen LogP contribution in [0.2, 0.25) is 0 Å². The van der Waals surface area contributed by atoms with Crippen molar-refractivity contribution in [3.63, 3.8) is 0 Å². The van der Waals surface area contributed by atoms with Crippen LogP contribution in [0.5, 0.6) is 0 Å². The van der Waals surface area contributed by atoms with Gasteiger partial charge in [-0.25, -0.2) is 0 Å². The third-order valence-corrected chi connectivity index (χ3v) is 4.40. The van der Waals surface area contributed by atoms with Crippen molar-refractivity contribution < 1.29 is 14.3 Å². The highest BCUT2D eigenvalue weighted by Crippen LogP contribution is 2.15. The van der Waals surface area contributed by atoms with Gasteiger partial charge in [-0.15, -0.1) is 0 Å². The van der Waals surface area contributed by atoms with Crippen molar-refractivity contribution in [1.82, 2.24) is 0 Å². The SMILES string of the molecule is CCCCCCCC(=O)OC(=O)C(I)CCCCCC. The molecule has 0 N–H and O–H groups in total. The first kappa shape index (κ1) is 19.9. The van der Waals surface area contributed by atoms with Crippen molar-refractivity contribution in [2.45, 2.75) is 88.4 Å². The van der Waals surface area contributed by atoms with Crippen LogP contribution in [0.3, 0.4) is 0 Å². The third-order valence-electron chi connectivity index (χ3n) is 3.27. The number of unbranched alkanes of at least 4 members (excludes halogenated alkanes) is 7. The van der Waals surface area contributed by atoms with E-state index in [4.69, 9.17) is 4.74 Å². The Kier molecular flexibility index (Phi) is 13.7. The standard InChI is InChI=1S/C16H29IO3/c1-3-5-7-9-11-13-15(18)20-16(19)14(17)12-10-8-6-4-2/h14H,3-13H2,1-2H3. The van der Waals surface area contributed by atoms with Gasteiger partial charge >= 0.3 is 11.9 Å². The number of hydrogen-bond acceptors (Lipinski definition) is 3. The molecule has 0 saturated carbocycles. The van der Waals surface area contributed by atoms with Gasteiger partial charge in [0.2, 0.25) is 0 Å². The minimum Gasteiger partial charge on any atom is -0.392 e. The maximum absolute atomic E-state index is 11.7. The second-order valence-electron chi connectivity index (χ2n) is 5.27. The number of hydrogen-bond donors (Lipinski definition) is 0. The predicted octanol–water partition coefficient (Wildman–Crippen LogP) is 5.19. The first-order valence-corrected chi connectivity index (χ1v) is 9.25. The average Bonchev–Trinajstić information content (AvgIpc) is 2.43. The van der Waals surface area contributed by atoms with Gasteiger partial charge in [0.05, 0.1) is 0 Å². The van der Waals surface area contributed by atoms with Gasteiger partial charge in [0, 0.05) is 6.42 Å². The van der Waals surface area contributed by atoms with Gasteiger partial charge in [0.1, 0.15) is 3.92 Å². The minimum absolute atomic E-state index is 0.187. The maximum Gasteiger partial charge on any atom is 0.326 e. The molecule has 0 saturated heterocycles. The smallest absolute Gasteiger partial charge is 0.326 e. The van der Waals surface area contributed by atoms with Crippen molar-refractivity contribution in [3.8, 4) is 0 Å². The van der Waals surface area contributed by atoms with E-state index in [1.807, 2.05) is 0 Å². The van der Waals surface area contributed by atoms with Crippen LogP contribution in [0.4, 0.5) is 0 Å². The highest BCUT2D eigenvalue weighted by molar-refractivity contribution is 14.1. The van der Waals surface area contributed by atoms with Crippen molar-refractivity contribution in [2.24, 2.45) is 0 Å². The van der Waals surface area contributed by atoms with Crippen molar-refractivity contribution >= 4 is 34.5 Å². The molecular weight excluding hydrogens is 367 g/mol. The molecule has 0 fully saturated rings. The number of esters is 2. The lowest BCUT2D eigenvalue weighted by atomic mass is 10.1. The molecule has 0 aliphatic rings. The summed E-state index contributed by atoms with van der Waals surface area (Å²) >= 11 is 2.08. The summed E-state index contributed by atoms with van der Waals surface area (Å²) < 4.78 is 4.70. The highest BCUT2D eigenvalue weighted by atomic mass is 127. The summed E-state index contributed by atoms with van der Waals surface area (Å²) in [4.78, 5) is 23.2. The van der Waals surface area contributed by atoms with E-state index in [1.54, 1.807) is 0 Å². The van der Waals surface area contributed by atoms with E-state index in [1.165, 1.54) is 25.7 Å². The molecule has 0 spiro atoms. The third kappa shape index (κ3) is 11.7. The molecule has 0 aliphatic carbocycles. The zero-order valence-electron chi connectivity index (χ0n) is 13.0. The van der Waals surface area contributed by atoms with Crippen LogP contribution in [0, 0.1) is 0 Å². The quantitative estimate of drug-likeness (QED) is 0.150. The predicted molar refractivity (Wildman–Crippen MR) is 91.0 cm³/mol. The minimum atomic E-state index is -0.361. The molecule has 0 bridgehead atoms. The number of halogens is 1. The normalized spacial score (nSPS) is 12.2. The molecule has 3 nitrogen and oxygen atoms in total. The number of rotatable bonds is 12. The number of ether oxygens (including phenoxy) is 1. The summed E-state index contributed by atoms with van der Waals surface area (Å²) in [6.45, 7) is 4.32. The molecule has 20 heavy (non-hydrogen) atoms. The fourth-order valence-electron chi connectivity index (χ4n) is 1.97. The summed E-state index contributed by atoms with van der Waals surface area (Å²) in [5.74, 6) is -0.720. The Hall–Kier alpha value is -0.130. The van der Waals surface area contributed by atoms with Crippen LogP contribution < -0.4 is 0 Å². The summed E-state index contributed by atoms with van der Waals surface area (Å²) in [5, 5.41) is 0. The van der Waals surface area contributed by atoms with Gasteiger partial charge in [-0.2, -0.15) is 0 Å². The zero-order chi connectivity index (χ0) is 15.2. The second kappa shape index (κ2) is 13.8. The molecule has 0 rings (SSSR count). The van der Waals surface area contributed by atoms with Gasteiger partial charge in [-0.1, -0.05) is 87.8 Å². The number of alkyl halides is 1. The van der Waals surface area contributed by atoms with Crippen LogP contribution in [0.15, 0.2) is 0 Å². The molecule has 4 heteroatoms. The Morgan fingerprint density at radius 3 is 2.05 bits per heavy atom. The van der Waals surface area contributed by atoms with Crippen LogP contribution in [0.25, 0.3) is 0 Å². The summed E-state index contributed by atoms with van der Waals surface area (Å²) in [5.41, 5.74) is 0. The Bertz CT molecular complexity index is 266. The molecule has 0 radical (unpaired) electrons. The van der Waals surface area contributed by atoms with Gasteiger partial charge in [-0.3, -0.25) is 9.59 Å². The maximum atomic E-state index is 11.7. The van der Waals surface area contributed by atoms with E-state index in [9.17, 15) is 9.59 Å². The fourth-order valence-corrected chi connectivity index (χ4v) is 2.54. The lowest BCUT2D eigenvalue weighted by molar-refractivity contribution is -0.159. The Labute approximate surface area is 137 Å². The lowest BCUT2D eigenvalue weighted by Crippen LogP contribution is -2.21. The first-order chi connectivity index (χ1) is 9.61. The Morgan fingerprint density at radius 1 is 0.900 bits per heavy atom. The molecule has 0 aliphatic heterocycles. The second-order valence-corrected chi connectivity index (χ2v) is 6.78. The van der Waals surface area contributed by atoms with Crippen LogP contribution in [0.1, 0.15) is 84.5 Å². The molecule has 1 unspecified atom stereocenters. The van der Waals surface area contributed by atoms with Crippen LogP contribution in [-0.4, -0.2) is 15.9 Å². The monoisotopic (exact) mass is 396 g/mol. The van der Waals surface area contributed by atoms with Crippen LogP contribution >= 0.6 is 22.6 Å². The molecule has 118 valence electrons. The van der Waals surface area contributed by atoms with E-state index in [0.717, 1.165) is 38.5 Å². The number of carbonyl (C=O) groups is 2. The van der Waals surface area contributed by atoms with E-state index in [-0.39, 0.29) is 15.9 Å². The van der Waals surface area contributed by atoms with E-state index < -0.39 is 0 Å². The van der Waals surface area contributed by atoms with Gasteiger partial charge in [0.25, 0.3) is 0 Å². The van der Waals surface area contributed by atoms with E-state index >= 15 is 0 Å². The molecule has 0 heterocycles. The molecule has 0 aromatic heterocycles. The Balaban J connectivity index is 3.64. The van der Waals surface area contributed by atoms with Crippen molar-refractivity contribution in [2.75, 3.05) is 0 Å². The molecule has 0 aromatic rings. The van der Waals surface area contributed by atoms with Gasteiger partial charge in [0.15, 0.2) is 0 Å². The fraction of sp³-hybridized carbons (Fsp3) is 0.875. The number of carbonyl (C=O) groups excluding carboxylic acids is 2. The summed E-state index contributed by atoms with van der Waals surface area (Å²) in [6, 6.07) is 0. The molecule has 0 aromatic carbocycles. The lowest BCUT2D eigenvalue weighted by Gasteiger charge is -2.08. The molecular formula is C16H29IO3. The summed E-state index contributed by atoms with van der Waals surface area (Å²) in [6.07, 6.45) is 11.2. The van der Waals surface area contributed by atoms with Gasteiger partial charge in [-0.05, 0) is 12.8 Å². The highest BCUT2D eigenvalue weighted by Gasteiger charge is 2.19. The largest absolute Gasteiger partial charge is 0.392 e. The zero-order valence-corrected chi connectivity index (χ0v) is 15.1. The molecule has 0 amide bonds.